The van der Waals surface area contributed by atoms with E-state index in [4.69, 9.17) is 0 Å². The number of aromatic nitrogens is 1. The van der Waals surface area contributed by atoms with Crippen LogP contribution in [0.3, 0.4) is 0 Å². The Kier molecular flexibility index (Phi) is 7.39. The molecule has 2 heterocycles. The van der Waals surface area contributed by atoms with Gasteiger partial charge in [0.2, 0.25) is 0 Å². The number of aliphatic imine (C=N–C) groups is 1. The van der Waals surface area contributed by atoms with E-state index in [1.165, 1.54) is 44.1 Å². The number of rotatable bonds is 4. The summed E-state index contributed by atoms with van der Waals surface area (Å²) >= 11 is 0. The standard InChI is InChI=1S/C17H27N5.HI/c1-18-17(21-15-6-7-15)20-13-14-8-9-19-16(12-14)22-10-4-2-3-5-11-22;/h8-9,12,15H,2-7,10-11,13H2,1H3,(H2,18,20,21);1H. The molecule has 2 fully saturated rings. The summed E-state index contributed by atoms with van der Waals surface area (Å²) in [4.78, 5) is 11.3. The van der Waals surface area contributed by atoms with Gasteiger partial charge in [0.25, 0.3) is 0 Å². The molecule has 2 N–H and O–H groups in total. The van der Waals surface area contributed by atoms with Crippen LogP contribution >= 0.6 is 24.0 Å². The minimum atomic E-state index is 0. The highest BCUT2D eigenvalue weighted by Crippen LogP contribution is 2.19. The van der Waals surface area contributed by atoms with Gasteiger partial charge in [-0.1, -0.05) is 12.8 Å². The third-order valence-corrected chi connectivity index (χ3v) is 4.34. The lowest BCUT2D eigenvalue weighted by molar-refractivity contribution is 0.726. The highest BCUT2D eigenvalue weighted by atomic mass is 127. The largest absolute Gasteiger partial charge is 0.357 e. The molecular weight excluding hydrogens is 401 g/mol. The lowest BCUT2D eigenvalue weighted by atomic mass is 10.2. The minimum absolute atomic E-state index is 0. The maximum Gasteiger partial charge on any atom is 0.191 e. The quantitative estimate of drug-likeness (QED) is 0.439. The van der Waals surface area contributed by atoms with Crippen molar-refractivity contribution in [2.75, 3.05) is 25.0 Å². The number of halogens is 1. The third-order valence-electron chi connectivity index (χ3n) is 4.34. The SMILES string of the molecule is CN=C(NCc1ccnc(N2CCCCCC2)c1)NC1CC1.I. The van der Waals surface area contributed by atoms with Gasteiger partial charge in [0.15, 0.2) is 5.96 Å². The van der Waals surface area contributed by atoms with Crippen LogP contribution in [0.15, 0.2) is 23.3 Å². The van der Waals surface area contributed by atoms with Crippen molar-refractivity contribution in [2.24, 2.45) is 4.99 Å². The van der Waals surface area contributed by atoms with E-state index >= 15 is 0 Å². The summed E-state index contributed by atoms with van der Waals surface area (Å²) in [6.45, 7) is 3.05. The van der Waals surface area contributed by atoms with Crippen LogP contribution in [0.2, 0.25) is 0 Å². The van der Waals surface area contributed by atoms with E-state index in [-0.39, 0.29) is 24.0 Å². The van der Waals surface area contributed by atoms with Crippen LogP contribution in [-0.2, 0) is 6.54 Å². The number of guanidine groups is 1. The Morgan fingerprint density at radius 1 is 1.26 bits per heavy atom. The van der Waals surface area contributed by atoms with E-state index < -0.39 is 0 Å². The average Bonchev–Trinajstić information content (AvgIpc) is 3.38. The fraction of sp³-hybridized carbons (Fsp3) is 0.647. The average molecular weight is 429 g/mol. The molecule has 0 atom stereocenters. The zero-order chi connectivity index (χ0) is 15.2. The highest BCUT2D eigenvalue weighted by Gasteiger charge is 2.22. The van der Waals surface area contributed by atoms with Gasteiger partial charge in [-0.2, -0.15) is 0 Å². The molecule has 1 aliphatic heterocycles. The molecule has 0 spiro atoms. The second-order valence-electron chi connectivity index (χ2n) is 6.27. The zero-order valence-electron chi connectivity index (χ0n) is 13.9. The van der Waals surface area contributed by atoms with Gasteiger partial charge < -0.3 is 15.5 Å². The second-order valence-corrected chi connectivity index (χ2v) is 6.27. The van der Waals surface area contributed by atoms with Crippen molar-refractivity contribution in [1.82, 2.24) is 15.6 Å². The molecule has 1 saturated carbocycles. The molecule has 1 aliphatic carbocycles. The molecule has 3 rings (SSSR count). The summed E-state index contributed by atoms with van der Waals surface area (Å²) in [7, 11) is 1.83. The van der Waals surface area contributed by atoms with Crippen LogP contribution in [0.4, 0.5) is 5.82 Å². The van der Waals surface area contributed by atoms with E-state index in [0.29, 0.717) is 6.04 Å². The third kappa shape index (κ3) is 5.82. The van der Waals surface area contributed by atoms with Gasteiger partial charge in [0.1, 0.15) is 5.82 Å². The van der Waals surface area contributed by atoms with E-state index in [9.17, 15) is 0 Å². The van der Waals surface area contributed by atoms with Crippen molar-refractivity contribution in [2.45, 2.75) is 51.1 Å². The van der Waals surface area contributed by atoms with E-state index in [1.807, 2.05) is 13.2 Å². The lowest BCUT2D eigenvalue weighted by Crippen LogP contribution is -2.38. The van der Waals surface area contributed by atoms with Gasteiger partial charge in [-0.3, -0.25) is 4.99 Å². The molecule has 0 amide bonds. The predicted octanol–water partition coefficient (Wildman–Crippen LogP) is 2.91. The van der Waals surface area contributed by atoms with E-state index in [1.54, 1.807) is 0 Å². The van der Waals surface area contributed by atoms with Crippen LogP contribution in [0, 0.1) is 0 Å². The Labute approximate surface area is 156 Å². The maximum absolute atomic E-state index is 4.56. The van der Waals surface area contributed by atoms with Gasteiger partial charge in [0.05, 0.1) is 0 Å². The maximum atomic E-state index is 4.56. The Morgan fingerprint density at radius 3 is 2.65 bits per heavy atom. The first-order valence-corrected chi connectivity index (χ1v) is 8.52. The lowest BCUT2D eigenvalue weighted by Gasteiger charge is -2.22. The van der Waals surface area contributed by atoms with Crippen molar-refractivity contribution in [3.05, 3.63) is 23.9 Å². The first-order valence-electron chi connectivity index (χ1n) is 8.52. The predicted molar refractivity (Wildman–Crippen MR) is 107 cm³/mol. The van der Waals surface area contributed by atoms with Crippen molar-refractivity contribution in [3.8, 4) is 0 Å². The molecule has 6 heteroatoms. The van der Waals surface area contributed by atoms with Crippen molar-refractivity contribution >= 4 is 35.8 Å². The fourth-order valence-corrected chi connectivity index (χ4v) is 2.84. The smallest absolute Gasteiger partial charge is 0.191 e. The first-order chi connectivity index (χ1) is 10.8. The summed E-state index contributed by atoms with van der Waals surface area (Å²) < 4.78 is 0. The van der Waals surface area contributed by atoms with Gasteiger partial charge in [0, 0.05) is 38.9 Å². The number of pyridine rings is 1. The number of nitrogens with zero attached hydrogens (tertiary/aromatic N) is 3. The molecule has 0 bridgehead atoms. The van der Waals surface area contributed by atoms with Crippen LogP contribution in [0.25, 0.3) is 0 Å². The molecule has 5 nitrogen and oxygen atoms in total. The Hall–Kier alpha value is -1.05. The van der Waals surface area contributed by atoms with Crippen molar-refractivity contribution < 1.29 is 0 Å². The van der Waals surface area contributed by atoms with Crippen LogP contribution in [-0.4, -0.2) is 37.1 Å². The Bertz CT molecular complexity index is 507. The van der Waals surface area contributed by atoms with Crippen molar-refractivity contribution in [3.63, 3.8) is 0 Å². The number of nitrogens with one attached hydrogen (secondary N) is 2. The van der Waals surface area contributed by atoms with Gasteiger partial charge in [-0.25, -0.2) is 4.98 Å². The summed E-state index contributed by atoms with van der Waals surface area (Å²) in [6.07, 6.45) is 9.70. The highest BCUT2D eigenvalue weighted by molar-refractivity contribution is 14.0. The fourth-order valence-electron chi connectivity index (χ4n) is 2.84. The van der Waals surface area contributed by atoms with Crippen LogP contribution in [0.5, 0.6) is 0 Å². The summed E-state index contributed by atoms with van der Waals surface area (Å²) in [6, 6.07) is 4.91. The normalized spacial score (nSPS) is 18.8. The van der Waals surface area contributed by atoms with Crippen molar-refractivity contribution in [1.29, 1.82) is 0 Å². The minimum Gasteiger partial charge on any atom is -0.357 e. The van der Waals surface area contributed by atoms with Crippen LogP contribution < -0.4 is 15.5 Å². The second kappa shape index (κ2) is 9.30. The monoisotopic (exact) mass is 429 g/mol. The van der Waals surface area contributed by atoms with Gasteiger partial charge in [-0.15, -0.1) is 24.0 Å². The molecule has 23 heavy (non-hydrogen) atoms. The number of anilines is 1. The van der Waals surface area contributed by atoms with Gasteiger partial charge in [-0.05, 0) is 43.4 Å². The molecule has 0 unspecified atom stereocenters. The molecular formula is C17H28IN5. The molecule has 1 saturated heterocycles. The van der Waals surface area contributed by atoms with Gasteiger partial charge >= 0.3 is 0 Å². The summed E-state index contributed by atoms with van der Waals surface area (Å²) in [5.74, 6) is 2.02. The molecule has 128 valence electrons. The molecule has 2 aliphatic rings. The van der Waals surface area contributed by atoms with E-state index in [2.05, 4.69) is 37.6 Å². The molecule has 1 aromatic heterocycles. The number of hydrogen-bond donors (Lipinski definition) is 2. The zero-order valence-corrected chi connectivity index (χ0v) is 16.3. The van der Waals surface area contributed by atoms with Crippen LogP contribution in [0.1, 0.15) is 44.1 Å². The summed E-state index contributed by atoms with van der Waals surface area (Å²) in [5, 5.41) is 6.80. The topological polar surface area (TPSA) is 52.6 Å². The summed E-state index contributed by atoms with van der Waals surface area (Å²) in [5.41, 5.74) is 1.26. The Morgan fingerprint density at radius 2 is 2.00 bits per heavy atom. The number of hydrogen-bond acceptors (Lipinski definition) is 3. The Balaban J connectivity index is 0.00000192. The molecule has 0 aromatic carbocycles. The first kappa shape index (κ1) is 18.3. The molecule has 0 radical (unpaired) electrons. The molecule has 1 aromatic rings. The van der Waals surface area contributed by atoms with E-state index in [0.717, 1.165) is 31.4 Å².